The standard InChI is InChI=1S/C29H23N5O9.C21H16ClN3O5/c1-28(11-9-17(35)31-26(28)42)33-22(38)14-6-3-5-13(19(14)24(33)40)21(37)30-16-8-4-7-15-20(16)25(41)34(23(15)39)29(2)12-10-18(36)32-27(29)43;1-21(9-8-15(26)24-20(21)30)25-18(28)13-6-3-7-14(16(13)19(25)29)23-17(27)11-4-2-5-12(22)10-11/h3-8H,9-12H2,1-2H3,(H,30,37)(H,31,35,42)(H,32,36,43);2-7,10H,8-9H2,1H3,(H,23,27)(H,24,26,30). The molecule has 5 N–H and O–H groups in total. The number of benzene rings is 4. The Balaban J connectivity index is 0.000000192. The van der Waals surface area contributed by atoms with Gasteiger partial charge in [-0.2, -0.15) is 0 Å². The Bertz CT molecular complexity index is 3350. The van der Waals surface area contributed by atoms with Gasteiger partial charge in [0, 0.05) is 29.8 Å². The average Bonchev–Trinajstić information content (AvgIpc) is 3.89. The van der Waals surface area contributed by atoms with Gasteiger partial charge in [0.1, 0.15) is 16.6 Å². The topological polar surface area (TPSA) is 309 Å². The van der Waals surface area contributed by atoms with Crippen molar-refractivity contribution in [3.8, 4) is 0 Å². The summed E-state index contributed by atoms with van der Waals surface area (Å²) < 4.78 is 0. The predicted molar refractivity (Wildman–Crippen MR) is 251 cm³/mol. The molecule has 14 amide bonds. The first-order valence-corrected chi connectivity index (χ1v) is 22.9. The van der Waals surface area contributed by atoms with Gasteiger partial charge in [-0.05, 0) is 94.6 Å². The molecular weight excluding hydrogens is 972 g/mol. The van der Waals surface area contributed by atoms with Gasteiger partial charge in [-0.25, -0.2) is 0 Å². The average molecular weight is 1010 g/mol. The van der Waals surface area contributed by atoms with Crippen LogP contribution in [0.5, 0.6) is 0 Å². The SMILES string of the molecule is CC1(N2C(=O)c3cccc(NC(=O)c4cccc(Cl)c4)c3C2=O)CCC(=O)NC1=O.CC1(N2C(=O)c3cccc(NC(=O)c4cccc5c4C(=O)N(C4(C)CCC(=O)NC4=O)C5=O)c3C2=O)CCC(=O)NC1=O. The Hall–Kier alpha value is -9.05. The summed E-state index contributed by atoms with van der Waals surface area (Å²) in [6.45, 7) is 4.18. The zero-order valence-electron chi connectivity index (χ0n) is 38.7. The van der Waals surface area contributed by atoms with Crippen LogP contribution in [0.2, 0.25) is 5.02 Å². The van der Waals surface area contributed by atoms with E-state index in [4.69, 9.17) is 11.6 Å². The first kappa shape index (κ1) is 49.0. The Morgan fingerprint density at radius 3 is 1.22 bits per heavy atom. The number of hydrogen-bond acceptors (Lipinski definition) is 14. The zero-order chi connectivity index (χ0) is 52.6. The van der Waals surface area contributed by atoms with Gasteiger partial charge in [0.15, 0.2) is 0 Å². The van der Waals surface area contributed by atoms with Gasteiger partial charge in [-0.15, -0.1) is 0 Å². The number of fused-ring (bicyclic) bond motifs is 3. The highest BCUT2D eigenvalue weighted by Crippen LogP contribution is 2.40. The maximum Gasteiger partial charge on any atom is 0.264 e. The fourth-order valence-corrected chi connectivity index (χ4v) is 9.83. The van der Waals surface area contributed by atoms with Crippen LogP contribution in [0.25, 0.3) is 0 Å². The lowest BCUT2D eigenvalue weighted by Crippen LogP contribution is -2.62. The second kappa shape index (κ2) is 17.7. The third-order valence-corrected chi connectivity index (χ3v) is 14.0. The quantitative estimate of drug-likeness (QED) is 0.166. The maximum atomic E-state index is 13.6. The number of imide groups is 6. The van der Waals surface area contributed by atoms with Crippen LogP contribution in [0.3, 0.4) is 0 Å². The van der Waals surface area contributed by atoms with Crippen molar-refractivity contribution < 1.29 is 67.1 Å². The lowest BCUT2D eigenvalue weighted by Gasteiger charge is -2.38. The van der Waals surface area contributed by atoms with Crippen molar-refractivity contribution in [2.24, 2.45) is 0 Å². The normalized spacial score (nSPS) is 23.3. The summed E-state index contributed by atoms with van der Waals surface area (Å²) >= 11 is 5.93. The van der Waals surface area contributed by atoms with Crippen molar-refractivity contribution >= 4 is 106 Å². The fraction of sp³-hybridized carbons (Fsp3) is 0.240. The van der Waals surface area contributed by atoms with Crippen molar-refractivity contribution in [2.45, 2.75) is 75.9 Å². The van der Waals surface area contributed by atoms with Gasteiger partial charge < -0.3 is 10.6 Å². The molecule has 4 aromatic carbocycles. The molecule has 6 aliphatic rings. The van der Waals surface area contributed by atoms with E-state index in [0.29, 0.717) is 5.02 Å². The molecule has 6 heterocycles. The van der Waals surface area contributed by atoms with E-state index >= 15 is 0 Å². The summed E-state index contributed by atoms with van der Waals surface area (Å²) in [6, 6.07) is 18.9. The van der Waals surface area contributed by atoms with Crippen molar-refractivity contribution in [1.82, 2.24) is 30.7 Å². The maximum absolute atomic E-state index is 13.6. The van der Waals surface area contributed by atoms with Crippen LogP contribution in [-0.2, 0) is 28.8 Å². The van der Waals surface area contributed by atoms with Crippen LogP contribution in [0.15, 0.2) is 78.9 Å². The largest absolute Gasteiger partial charge is 0.321 e. The van der Waals surface area contributed by atoms with Crippen molar-refractivity contribution in [3.05, 3.63) is 128 Å². The van der Waals surface area contributed by atoms with Gasteiger partial charge in [0.25, 0.3) is 65.0 Å². The van der Waals surface area contributed by atoms with Crippen LogP contribution < -0.4 is 26.6 Å². The summed E-state index contributed by atoms with van der Waals surface area (Å²) in [4.78, 5) is 181. The summed E-state index contributed by atoms with van der Waals surface area (Å²) in [5, 5.41) is 12.0. The number of nitrogens with one attached hydrogen (secondary N) is 5. The van der Waals surface area contributed by atoms with E-state index in [1.165, 1.54) is 81.4 Å². The van der Waals surface area contributed by atoms with Crippen molar-refractivity contribution in [2.75, 3.05) is 10.6 Å². The van der Waals surface area contributed by atoms with Gasteiger partial charge in [-0.3, -0.25) is 97.8 Å². The van der Waals surface area contributed by atoms with Crippen molar-refractivity contribution in [3.63, 3.8) is 0 Å². The molecule has 0 aromatic heterocycles. The fourth-order valence-electron chi connectivity index (χ4n) is 9.64. The second-order valence-corrected chi connectivity index (χ2v) is 18.8. The molecule has 0 saturated carbocycles. The lowest BCUT2D eigenvalue weighted by molar-refractivity contribution is -0.142. The number of halogens is 1. The summed E-state index contributed by atoms with van der Waals surface area (Å²) in [5.74, 6) is -9.94. The molecule has 3 unspecified atom stereocenters. The van der Waals surface area contributed by atoms with E-state index < -0.39 is 99.3 Å². The number of carbonyl (C=O) groups excluding carboxylic acids is 14. The Labute approximate surface area is 417 Å². The summed E-state index contributed by atoms with van der Waals surface area (Å²) in [7, 11) is 0. The van der Waals surface area contributed by atoms with Crippen LogP contribution in [0.4, 0.5) is 11.4 Å². The Kier molecular flexibility index (Phi) is 11.8. The van der Waals surface area contributed by atoms with Crippen LogP contribution >= 0.6 is 11.6 Å². The van der Waals surface area contributed by atoms with E-state index in [1.807, 2.05) is 0 Å². The van der Waals surface area contributed by atoms with Crippen molar-refractivity contribution in [1.29, 1.82) is 0 Å². The molecule has 73 heavy (non-hydrogen) atoms. The molecule has 3 atom stereocenters. The van der Waals surface area contributed by atoms with Crippen LogP contribution in [-0.4, -0.2) is 114 Å². The van der Waals surface area contributed by atoms with E-state index in [1.54, 1.807) is 18.2 Å². The lowest BCUT2D eigenvalue weighted by atomic mass is 9.89. The number of rotatable bonds is 7. The molecular formula is C50H39ClN8O14. The predicted octanol–water partition coefficient (Wildman–Crippen LogP) is 2.91. The molecule has 0 spiro atoms. The minimum Gasteiger partial charge on any atom is -0.321 e. The minimum atomic E-state index is -1.67. The third kappa shape index (κ3) is 7.82. The van der Waals surface area contributed by atoms with E-state index in [2.05, 4.69) is 26.6 Å². The molecule has 10 rings (SSSR count). The first-order valence-electron chi connectivity index (χ1n) is 22.5. The molecule has 0 aliphatic carbocycles. The molecule has 4 aromatic rings. The van der Waals surface area contributed by atoms with Crippen LogP contribution in [0.1, 0.15) is 142 Å². The molecule has 370 valence electrons. The summed E-state index contributed by atoms with van der Waals surface area (Å²) in [5.41, 5.74) is -5.25. The molecule has 3 fully saturated rings. The molecule has 0 radical (unpaired) electrons. The Morgan fingerprint density at radius 1 is 0.466 bits per heavy atom. The number of piperidine rings is 3. The first-order chi connectivity index (χ1) is 34.5. The highest BCUT2D eigenvalue weighted by molar-refractivity contribution is 6.32. The van der Waals surface area contributed by atoms with Gasteiger partial charge in [0.05, 0.1) is 50.3 Å². The van der Waals surface area contributed by atoms with Gasteiger partial charge in [-0.1, -0.05) is 35.9 Å². The molecule has 22 nitrogen and oxygen atoms in total. The molecule has 23 heteroatoms. The smallest absolute Gasteiger partial charge is 0.264 e. The molecule has 6 aliphatic heterocycles. The van der Waals surface area contributed by atoms with Crippen LogP contribution in [0, 0.1) is 0 Å². The highest BCUT2D eigenvalue weighted by atomic mass is 35.5. The number of nitrogens with zero attached hydrogens (tertiary/aromatic N) is 3. The number of anilines is 2. The third-order valence-electron chi connectivity index (χ3n) is 13.8. The highest BCUT2D eigenvalue weighted by Gasteiger charge is 2.56. The molecule has 3 saturated heterocycles. The number of hydrogen-bond donors (Lipinski definition) is 5. The number of carbonyl (C=O) groups is 14. The van der Waals surface area contributed by atoms with Gasteiger partial charge in [0.2, 0.25) is 17.7 Å². The monoisotopic (exact) mass is 1010 g/mol. The Morgan fingerprint density at radius 2 is 0.822 bits per heavy atom. The molecule has 0 bridgehead atoms. The van der Waals surface area contributed by atoms with E-state index in [0.717, 1.165) is 14.7 Å². The zero-order valence-corrected chi connectivity index (χ0v) is 39.4. The van der Waals surface area contributed by atoms with E-state index in [9.17, 15) is 67.1 Å². The van der Waals surface area contributed by atoms with Gasteiger partial charge >= 0.3 is 0 Å². The van der Waals surface area contributed by atoms with E-state index in [-0.39, 0.29) is 94.4 Å². The number of amides is 14. The second-order valence-electron chi connectivity index (χ2n) is 18.4. The summed E-state index contributed by atoms with van der Waals surface area (Å²) in [6.07, 6.45) is -0.333. The minimum absolute atomic E-state index is 0.00352.